The normalized spacial score (nSPS) is 20.8. The van der Waals surface area contributed by atoms with Crippen LogP contribution in [0, 0.1) is 6.92 Å². The molecule has 0 unspecified atom stereocenters. The van der Waals surface area contributed by atoms with E-state index in [1.807, 2.05) is 12.1 Å². The van der Waals surface area contributed by atoms with Gasteiger partial charge in [0.2, 0.25) is 0 Å². The van der Waals surface area contributed by atoms with Gasteiger partial charge in [-0.1, -0.05) is 11.3 Å². The van der Waals surface area contributed by atoms with Gasteiger partial charge in [0.1, 0.15) is 0 Å². The van der Waals surface area contributed by atoms with E-state index in [-0.39, 0.29) is 0 Å². The molecular weight excluding hydrogens is 268 g/mol. The minimum Gasteiger partial charge on any atom is -0.399 e. The Hall–Kier alpha value is -1.33. The van der Waals surface area contributed by atoms with Gasteiger partial charge in [-0.2, -0.15) is 0 Å². The Bertz CT molecular complexity index is 639. The highest BCUT2D eigenvalue weighted by molar-refractivity contribution is 7.22. The quantitative estimate of drug-likeness (QED) is 0.862. The highest BCUT2D eigenvalue weighted by Crippen LogP contribution is 2.34. The summed E-state index contributed by atoms with van der Waals surface area (Å²) in [6, 6.07) is 4.94. The van der Waals surface area contributed by atoms with Gasteiger partial charge in [0.25, 0.3) is 0 Å². The van der Waals surface area contributed by atoms with Crippen LogP contribution >= 0.6 is 11.3 Å². The third kappa shape index (κ3) is 2.15. The molecule has 106 valence electrons. The summed E-state index contributed by atoms with van der Waals surface area (Å²) in [6.07, 6.45) is 2.80. The first-order chi connectivity index (χ1) is 9.70. The number of nitrogen functional groups attached to an aromatic ring is 1. The second kappa shape index (κ2) is 4.60. The van der Waals surface area contributed by atoms with Crippen molar-refractivity contribution in [2.75, 3.05) is 36.8 Å². The van der Waals surface area contributed by atoms with Crippen molar-refractivity contribution in [3.05, 3.63) is 17.7 Å². The molecule has 20 heavy (non-hydrogen) atoms. The highest BCUT2D eigenvalue weighted by atomic mass is 32.1. The number of aromatic nitrogens is 1. The minimum absolute atomic E-state index is 0.837. The Morgan fingerprint density at radius 1 is 1.20 bits per heavy atom. The zero-order chi connectivity index (χ0) is 13.7. The van der Waals surface area contributed by atoms with Gasteiger partial charge in [-0.25, -0.2) is 4.98 Å². The van der Waals surface area contributed by atoms with Gasteiger partial charge >= 0.3 is 0 Å². The fourth-order valence-corrected chi connectivity index (χ4v) is 4.21. The zero-order valence-corrected chi connectivity index (χ0v) is 12.6. The molecule has 1 saturated heterocycles. The van der Waals surface area contributed by atoms with Crippen LogP contribution in [0.2, 0.25) is 0 Å². The molecule has 1 aromatic heterocycles. The van der Waals surface area contributed by atoms with E-state index in [9.17, 15) is 0 Å². The fraction of sp³-hybridized carbons (Fsp3) is 0.533. The fourth-order valence-electron chi connectivity index (χ4n) is 3.07. The molecule has 5 heteroatoms. The minimum atomic E-state index is 0.837. The molecule has 1 aliphatic heterocycles. The van der Waals surface area contributed by atoms with Crippen molar-refractivity contribution >= 4 is 32.4 Å². The van der Waals surface area contributed by atoms with Crippen molar-refractivity contribution in [1.82, 2.24) is 9.88 Å². The number of benzene rings is 1. The Labute approximate surface area is 123 Å². The Morgan fingerprint density at radius 3 is 2.65 bits per heavy atom. The number of rotatable bonds is 2. The van der Waals surface area contributed by atoms with E-state index in [1.165, 1.54) is 36.2 Å². The number of hydrogen-bond acceptors (Lipinski definition) is 5. The molecule has 4 nitrogen and oxygen atoms in total. The monoisotopic (exact) mass is 288 g/mol. The van der Waals surface area contributed by atoms with Crippen LogP contribution in [-0.4, -0.2) is 42.1 Å². The number of fused-ring (bicyclic) bond motifs is 1. The lowest BCUT2D eigenvalue weighted by Crippen LogP contribution is -2.47. The van der Waals surface area contributed by atoms with E-state index in [2.05, 4.69) is 16.7 Å². The molecular formula is C15H20N4S. The third-order valence-corrected chi connectivity index (χ3v) is 5.41. The lowest BCUT2D eigenvalue weighted by Gasteiger charge is -2.34. The van der Waals surface area contributed by atoms with Crippen molar-refractivity contribution < 1.29 is 0 Å². The van der Waals surface area contributed by atoms with Crippen LogP contribution in [0.3, 0.4) is 0 Å². The lowest BCUT2D eigenvalue weighted by atomic mass is 10.2. The van der Waals surface area contributed by atoms with Crippen molar-refractivity contribution in [1.29, 1.82) is 0 Å². The highest BCUT2D eigenvalue weighted by Gasteiger charge is 2.31. The van der Waals surface area contributed by atoms with Gasteiger partial charge in [-0.15, -0.1) is 0 Å². The second-order valence-corrected chi connectivity index (χ2v) is 6.94. The molecule has 2 aromatic rings. The van der Waals surface area contributed by atoms with Crippen molar-refractivity contribution in [2.24, 2.45) is 0 Å². The summed E-state index contributed by atoms with van der Waals surface area (Å²) in [5, 5.41) is 1.16. The van der Waals surface area contributed by atoms with Gasteiger partial charge in [0, 0.05) is 37.9 Å². The number of hydrogen-bond donors (Lipinski definition) is 1. The molecule has 4 rings (SSSR count). The predicted octanol–water partition coefficient (Wildman–Crippen LogP) is 2.47. The van der Waals surface area contributed by atoms with E-state index in [0.29, 0.717) is 0 Å². The van der Waals surface area contributed by atoms with E-state index in [4.69, 9.17) is 10.7 Å². The van der Waals surface area contributed by atoms with E-state index in [0.717, 1.165) is 35.5 Å². The summed E-state index contributed by atoms with van der Waals surface area (Å²) in [4.78, 5) is 9.89. The first-order valence-electron chi connectivity index (χ1n) is 7.36. The average Bonchev–Trinajstić information content (AvgIpc) is 3.19. The first kappa shape index (κ1) is 12.4. The van der Waals surface area contributed by atoms with Crippen molar-refractivity contribution in [3.63, 3.8) is 0 Å². The molecule has 0 bridgehead atoms. The number of thiazole rings is 1. The molecule has 0 atom stereocenters. The summed E-state index contributed by atoms with van der Waals surface area (Å²) in [7, 11) is 0. The summed E-state index contributed by atoms with van der Waals surface area (Å²) in [6.45, 7) is 6.66. The molecule has 2 heterocycles. The van der Waals surface area contributed by atoms with Crippen LogP contribution < -0.4 is 10.6 Å². The lowest BCUT2D eigenvalue weighted by molar-refractivity contribution is 0.248. The SMILES string of the molecule is Cc1cc(N)cc2sc(N3CCN(C4CC4)CC3)nc12. The Balaban J connectivity index is 1.58. The van der Waals surface area contributed by atoms with E-state index in [1.54, 1.807) is 11.3 Å². The Kier molecular flexibility index (Phi) is 2.86. The van der Waals surface area contributed by atoms with Gasteiger partial charge in [0.05, 0.1) is 10.2 Å². The maximum atomic E-state index is 5.93. The zero-order valence-electron chi connectivity index (χ0n) is 11.8. The molecule has 0 radical (unpaired) electrons. The average molecular weight is 288 g/mol. The van der Waals surface area contributed by atoms with Crippen LogP contribution in [0.15, 0.2) is 12.1 Å². The van der Waals surface area contributed by atoms with Crippen LogP contribution in [-0.2, 0) is 0 Å². The van der Waals surface area contributed by atoms with Gasteiger partial charge in [0.15, 0.2) is 5.13 Å². The topological polar surface area (TPSA) is 45.4 Å². The molecule has 0 amide bonds. The van der Waals surface area contributed by atoms with Gasteiger partial charge in [-0.3, -0.25) is 4.90 Å². The summed E-state index contributed by atoms with van der Waals surface area (Å²) in [5.74, 6) is 0. The van der Waals surface area contributed by atoms with Gasteiger partial charge in [-0.05, 0) is 37.5 Å². The molecule has 2 N–H and O–H groups in total. The second-order valence-electron chi connectivity index (χ2n) is 5.94. The molecule has 0 spiro atoms. The summed E-state index contributed by atoms with van der Waals surface area (Å²) < 4.78 is 1.21. The summed E-state index contributed by atoms with van der Waals surface area (Å²) >= 11 is 1.77. The first-order valence-corrected chi connectivity index (χ1v) is 8.18. The van der Waals surface area contributed by atoms with Crippen molar-refractivity contribution in [2.45, 2.75) is 25.8 Å². The third-order valence-electron chi connectivity index (χ3n) is 4.34. The maximum absolute atomic E-state index is 5.93. The standard InChI is InChI=1S/C15H20N4S/c1-10-8-11(16)9-13-14(10)17-15(20-13)19-6-4-18(5-7-19)12-2-3-12/h8-9,12H,2-7,16H2,1H3. The number of anilines is 2. The summed E-state index contributed by atoms with van der Waals surface area (Å²) in [5.41, 5.74) is 9.06. The molecule has 1 aromatic carbocycles. The van der Waals surface area contributed by atoms with Crippen LogP contribution in [0.5, 0.6) is 0 Å². The van der Waals surface area contributed by atoms with E-state index < -0.39 is 0 Å². The van der Waals surface area contributed by atoms with Crippen molar-refractivity contribution in [3.8, 4) is 0 Å². The largest absolute Gasteiger partial charge is 0.399 e. The van der Waals surface area contributed by atoms with Crippen LogP contribution in [0.25, 0.3) is 10.2 Å². The van der Waals surface area contributed by atoms with E-state index >= 15 is 0 Å². The molecule has 1 saturated carbocycles. The van der Waals surface area contributed by atoms with Crippen LogP contribution in [0.4, 0.5) is 10.8 Å². The Morgan fingerprint density at radius 2 is 1.95 bits per heavy atom. The number of aryl methyl sites for hydroxylation is 1. The van der Waals surface area contributed by atoms with Crippen LogP contribution in [0.1, 0.15) is 18.4 Å². The molecule has 2 aliphatic rings. The number of nitrogens with two attached hydrogens (primary N) is 1. The molecule has 2 fully saturated rings. The predicted molar refractivity (Wildman–Crippen MR) is 85.6 cm³/mol. The smallest absolute Gasteiger partial charge is 0.186 e. The van der Waals surface area contributed by atoms with Gasteiger partial charge < -0.3 is 10.6 Å². The number of nitrogens with zero attached hydrogens (tertiary/aromatic N) is 3. The number of piperazine rings is 1. The molecule has 1 aliphatic carbocycles. The maximum Gasteiger partial charge on any atom is 0.186 e.